The lowest BCUT2D eigenvalue weighted by Gasteiger charge is -2.24. The van der Waals surface area contributed by atoms with E-state index in [2.05, 4.69) is 41.1 Å². The largest absolute Gasteiger partial charge is 0.373 e. The lowest BCUT2D eigenvalue weighted by molar-refractivity contribution is -0.132. The van der Waals surface area contributed by atoms with Crippen molar-refractivity contribution >= 4 is 11.6 Å². The average Bonchev–Trinajstić information content (AvgIpc) is 2.73. The molecule has 1 fully saturated rings. The van der Waals surface area contributed by atoms with Gasteiger partial charge in [0.05, 0.1) is 0 Å². The van der Waals surface area contributed by atoms with Gasteiger partial charge in [-0.25, -0.2) is 0 Å². The van der Waals surface area contributed by atoms with Crippen molar-refractivity contribution in [2.75, 3.05) is 25.0 Å². The molecule has 22 heavy (non-hydrogen) atoms. The van der Waals surface area contributed by atoms with Crippen LogP contribution in [0.5, 0.6) is 0 Å². The first-order valence-corrected chi connectivity index (χ1v) is 8.81. The summed E-state index contributed by atoms with van der Waals surface area (Å²) in [5.74, 6) is 1.13. The summed E-state index contributed by atoms with van der Waals surface area (Å²) in [7, 11) is 2.12. The average molecular weight is 300 g/mol. The molecular formula is C19H28N2O. The predicted molar refractivity (Wildman–Crippen MR) is 90.9 cm³/mol. The van der Waals surface area contributed by atoms with E-state index in [1.54, 1.807) is 0 Å². The Morgan fingerprint density at radius 3 is 2.73 bits per heavy atom. The molecule has 3 rings (SSSR count). The van der Waals surface area contributed by atoms with Gasteiger partial charge in [0.2, 0.25) is 5.91 Å². The van der Waals surface area contributed by atoms with Crippen molar-refractivity contribution in [3.05, 3.63) is 29.8 Å². The van der Waals surface area contributed by atoms with Crippen molar-refractivity contribution in [2.45, 2.75) is 51.5 Å². The number of hydrogen-bond acceptors (Lipinski definition) is 2. The van der Waals surface area contributed by atoms with Gasteiger partial charge in [-0.05, 0) is 24.0 Å². The summed E-state index contributed by atoms with van der Waals surface area (Å²) < 4.78 is 0. The minimum atomic E-state index is 0.343. The van der Waals surface area contributed by atoms with Crippen LogP contribution in [0.2, 0.25) is 0 Å². The van der Waals surface area contributed by atoms with Crippen LogP contribution in [0.15, 0.2) is 24.3 Å². The minimum absolute atomic E-state index is 0.343. The number of fused-ring (bicyclic) bond motifs is 1. The molecule has 2 aliphatic rings. The van der Waals surface area contributed by atoms with Crippen LogP contribution < -0.4 is 4.90 Å². The van der Waals surface area contributed by atoms with E-state index in [0.29, 0.717) is 5.91 Å². The standard InChI is InChI=1S/C19H28N2O/c1-20-13-14-21(15-17-9-5-6-10-18(17)20)19(22)12-11-16-7-3-2-4-8-16/h5-6,9-10,16H,2-4,7-8,11-15H2,1H3. The van der Waals surface area contributed by atoms with Gasteiger partial charge < -0.3 is 9.80 Å². The molecule has 3 heteroatoms. The van der Waals surface area contributed by atoms with Crippen LogP contribution in [0.4, 0.5) is 5.69 Å². The van der Waals surface area contributed by atoms with E-state index in [1.165, 1.54) is 43.4 Å². The van der Waals surface area contributed by atoms with Crippen molar-refractivity contribution < 1.29 is 4.79 Å². The van der Waals surface area contributed by atoms with E-state index in [1.807, 2.05) is 0 Å². The molecule has 3 nitrogen and oxygen atoms in total. The molecule has 0 unspecified atom stereocenters. The first kappa shape index (κ1) is 15.4. The van der Waals surface area contributed by atoms with Gasteiger partial charge in [0.15, 0.2) is 0 Å². The lowest BCUT2D eigenvalue weighted by Crippen LogP contribution is -2.34. The zero-order valence-electron chi connectivity index (χ0n) is 13.8. The fourth-order valence-electron chi connectivity index (χ4n) is 3.87. The number of nitrogens with zero attached hydrogens (tertiary/aromatic N) is 2. The molecule has 0 atom stereocenters. The number of likely N-dealkylation sites (N-methyl/N-ethyl adjacent to an activating group) is 1. The molecule has 0 N–H and O–H groups in total. The van der Waals surface area contributed by atoms with Crippen LogP contribution in [0.25, 0.3) is 0 Å². The maximum absolute atomic E-state index is 12.6. The Balaban J connectivity index is 1.58. The normalized spacial score (nSPS) is 19.7. The number of hydrogen-bond donors (Lipinski definition) is 0. The van der Waals surface area contributed by atoms with Crippen LogP contribution >= 0.6 is 0 Å². The highest BCUT2D eigenvalue weighted by molar-refractivity contribution is 5.76. The highest BCUT2D eigenvalue weighted by Gasteiger charge is 2.22. The second kappa shape index (κ2) is 7.17. The number of amides is 1. The Kier molecular flexibility index (Phi) is 5.01. The van der Waals surface area contributed by atoms with Gasteiger partial charge in [-0.15, -0.1) is 0 Å². The van der Waals surface area contributed by atoms with Crippen molar-refractivity contribution in [3.8, 4) is 0 Å². The van der Waals surface area contributed by atoms with Crippen molar-refractivity contribution in [3.63, 3.8) is 0 Å². The Morgan fingerprint density at radius 2 is 1.91 bits per heavy atom. The number of carbonyl (C=O) groups excluding carboxylic acids is 1. The molecule has 0 bridgehead atoms. The van der Waals surface area contributed by atoms with Crippen molar-refractivity contribution in [1.82, 2.24) is 4.90 Å². The van der Waals surface area contributed by atoms with Gasteiger partial charge in [-0.3, -0.25) is 4.79 Å². The van der Waals surface area contributed by atoms with E-state index in [9.17, 15) is 4.79 Å². The van der Waals surface area contributed by atoms with E-state index >= 15 is 0 Å². The minimum Gasteiger partial charge on any atom is -0.373 e. The molecular weight excluding hydrogens is 272 g/mol. The molecule has 1 aromatic carbocycles. The van der Waals surface area contributed by atoms with Crippen LogP contribution in [0, 0.1) is 5.92 Å². The first-order chi connectivity index (χ1) is 10.7. The Hall–Kier alpha value is -1.51. The van der Waals surface area contributed by atoms with Crippen molar-refractivity contribution in [1.29, 1.82) is 0 Å². The topological polar surface area (TPSA) is 23.6 Å². The van der Waals surface area contributed by atoms with Crippen LogP contribution in [-0.4, -0.2) is 30.9 Å². The molecule has 1 saturated carbocycles. The summed E-state index contributed by atoms with van der Waals surface area (Å²) in [6, 6.07) is 8.46. The van der Waals surface area contributed by atoms with Gasteiger partial charge in [0.25, 0.3) is 0 Å². The number of carbonyl (C=O) groups is 1. The van der Waals surface area contributed by atoms with Crippen LogP contribution in [-0.2, 0) is 11.3 Å². The van der Waals surface area contributed by atoms with E-state index in [0.717, 1.165) is 38.4 Å². The third kappa shape index (κ3) is 3.63. The number of benzene rings is 1. The zero-order valence-corrected chi connectivity index (χ0v) is 13.8. The summed E-state index contributed by atoms with van der Waals surface area (Å²) in [6.07, 6.45) is 8.60. The van der Waals surface area contributed by atoms with Crippen molar-refractivity contribution in [2.24, 2.45) is 5.92 Å². The van der Waals surface area contributed by atoms with Crippen LogP contribution in [0.3, 0.4) is 0 Å². The molecule has 1 aliphatic heterocycles. The van der Waals surface area contributed by atoms with Gasteiger partial charge in [-0.2, -0.15) is 0 Å². The molecule has 1 heterocycles. The Morgan fingerprint density at radius 1 is 1.14 bits per heavy atom. The van der Waals surface area contributed by atoms with Gasteiger partial charge in [0.1, 0.15) is 0 Å². The first-order valence-electron chi connectivity index (χ1n) is 8.81. The monoisotopic (exact) mass is 300 g/mol. The molecule has 1 aromatic rings. The van der Waals surface area contributed by atoms with E-state index in [4.69, 9.17) is 0 Å². The second-order valence-corrected chi connectivity index (χ2v) is 6.91. The molecule has 0 spiro atoms. The fraction of sp³-hybridized carbons (Fsp3) is 0.632. The summed E-state index contributed by atoms with van der Waals surface area (Å²) in [5.41, 5.74) is 2.54. The van der Waals surface area contributed by atoms with E-state index < -0.39 is 0 Å². The molecule has 120 valence electrons. The van der Waals surface area contributed by atoms with Crippen LogP contribution in [0.1, 0.15) is 50.5 Å². The Labute approximate surface area is 134 Å². The number of rotatable bonds is 3. The van der Waals surface area contributed by atoms with E-state index in [-0.39, 0.29) is 0 Å². The zero-order chi connectivity index (χ0) is 15.4. The molecule has 1 amide bonds. The lowest BCUT2D eigenvalue weighted by atomic mass is 9.86. The summed E-state index contributed by atoms with van der Waals surface area (Å²) >= 11 is 0. The third-order valence-electron chi connectivity index (χ3n) is 5.31. The maximum atomic E-state index is 12.6. The molecule has 0 aromatic heterocycles. The summed E-state index contributed by atoms with van der Waals surface area (Å²) in [4.78, 5) is 16.9. The third-order valence-corrected chi connectivity index (χ3v) is 5.31. The van der Waals surface area contributed by atoms with Gasteiger partial charge in [0, 0.05) is 38.8 Å². The smallest absolute Gasteiger partial charge is 0.222 e. The van der Waals surface area contributed by atoms with Gasteiger partial charge >= 0.3 is 0 Å². The highest BCUT2D eigenvalue weighted by Crippen LogP contribution is 2.28. The predicted octanol–water partition coefficient (Wildman–Crippen LogP) is 3.83. The number of anilines is 1. The highest BCUT2D eigenvalue weighted by atomic mass is 16.2. The fourth-order valence-corrected chi connectivity index (χ4v) is 3.87. The molecule has 1 aliphatic carbocycles. The Bertz CT molecular complexity index is 508. The SMILES string of the molecule is CN1CCN(C(=O)CCC2CCCCC2)Cc2ccccc21. The molecule has 0 radical (unpaired) electrons. The number of para-hydroxylation sites is 1. The quantitative estimate of drug-likeness (QED) is 0.847. The maximum Gasteiger partial charge on any atom is 0.222 e. The summed E-state index contributed by atoms with van der Waals surface area (Å²) in [6.45, 7) is 2.53. The van der Waals surface area contributed by atoms with Gasteiger partial charge in [-0.1, -0.05) is 50.3 Å². The second-order valence-electron chi connectivity index (χ2n) is 6.91. The molecule has 0 saturated heterocycles. The summed E-state index contributed by atoms with van der Waals surface area (Å²) in [5, 5.41) is 0.